The molecule has 0 amide bonds. The van der Waals surface area contributed by atoms with Gasteiger partial charge in [0.1, 0.15) is 18.4 Å². The van der Waals surface area contributed by atoms with Gasteiger partial charge in [0.2, 0.25) is 6.79 Å². The van der Waals surface area contributed by atoms with Crippen molar-refractivity contribution in [3.63, 3.8) is 0 Å². The van der Waals surface area contributed by atoms with Crippen LogP contribution in [-0.4, -0.2) is 97.0 Å². The summed E-state index contributed by atoms with van der Waals surface area (Å²) in [7, 11) is 4.99. The minimum Gasteiger partial charge on any atom is -0.504 e. The Morgan fingerprint density at radius 2 is 1.84 bits per heavy atom. The molecule has 0 aliphatic carbocycles. The maximum absolute atomic E-state index is 14.7. The Bertz CT molecular complexity index is 2220. The smallest absolute Gasteiger partial charge is 0.331 e. The Labute approximate surface area is 322 Å². The number of aryl methyl sites for hydroxylation is 1. The van der Waals surface area contributed by atoms with Crippen LogP contribution in [0.5, 0.6) is 40.2 Å². The van der Waals surface area contributed by atoms with Crippen LogP contribution in [0.1, 0.15) is 68.8 Å². The van der Waals surface area contributed by atoms with Crippen molar-refractivity contribution in [2.24, 2.45) is 0 Å². The minimum absolute atomic E-state index is 0.0239. The summed E-state index contributed by atoms with van der Waals surface area (Å²) in [6.07, 6.45) is 1.05. The van der Waals surface area contributed by atoms with Gasteiger partial charge in [-0.15, -0.1) is 11.8 Å². The number of likely N-dealkylation sites (N-methyl/N-ethyl adjacent to an activating group) is 1. The average Bonchev–Trinajstić information content (AvgIpc) is 3.65. The molecule has 3 aromatic carbocycles. The number of piperazine rings is 1. The molecule has 1 spiro atoms. The largest absolute Gasteiger partial charge is 0.504 e. The molecule has 15 heteroatoms. The highest BCUT2D eigenvalue weighted by Gasteiger charge is 2.62. The summed E-state index contributed by atoms with van der Waals surface area (Å²) in [5, 5.41) is 36.9. The Morgan fingerprint density at radius 1 is 1.05 bits per heavy atom. The lowest BCUT2D eigenvalue weighted by Gasteiger charge is -2.62. The number of phenolic OH excluding ortho intramolecular Hbond substituents is 2. The molecular formula is C40H42N4O10S. The van der Waals surface area contributed by atoms with E-state index in [1.54, 1.807) is 12.1 Å². The quantitative estimate of drug-likeness (QED) is 0.258. The molecule has 7 aliphatic heterocycles. The van der Waals surface area contributed by atoms with Gasteiger partial charge in [0.15, 0.2) is 40.0 Å². The first-order valence-corrected chi connectivity index (χ1v) is 19.4. The third-order valence-corrected chi connectivity index (χ3v) is 13.9. The van der Waals surface area contributed by atoms with Crippen molar-refractivity contribution >= 4 is 23.7 Å². The topological polar surface area (TPSA) is 172 Å². The predicted octanol–water partition coefficient (Wildman–Crippen LogP) is 3.99. The number of thioether (sulfide) groups is 1. The lowest BCUT2D eigenvalue weighted by Crippen LogP contribution is -2.69. The SMILES string of the molecule is COc1cc2c(cc1O)CCN[C@]21CS[C@@H]2c3c(OC(C)=O)c(C)c4c(c3[C@H](COC1=O)N1C2C2c3c(cc(C)c(OC)c3O)CC([C@@H]1C#N)N2C)OCO4. The monoisotopic (exact) mass is 770 g/mol. The number of phenols is 2. The molecule has 14 nitrogen and oxygen atoms in total. The highest BCUT2D eigenvalue weighted by molar-refractivity contribution is 7.99. The standard InChI is InChI=1S/C40H42N4O10S/c1-17-9-21-10-23-24(13-41)44-25-14-51-39(48)40(22-12-27(49-5)26(46)11-20(22)7-8-42-40)15-55-38(32(44)31(43(23)4)28(21)33(47)34(17)50-6)30-29(25)37-36(52-16-53-37)18(2)35(30)54-19(3)45/h9,11-12,23-25,31-32,38,42,46-47H,7-8,10,14-16H2,1-6H3/t23?,24-,25-,31?,32?,38+,40+/m0/s1. The molecule has 3 unspecified atom stereocenters. The Kier molecular flexibility index (Phi) is 8.36. The fraction of sp³-hybridized carbons (Fsp3) is 0.475. The van der Waals surface area contributed by atoms with Gasteiger partial charge in [-0.05, 0) is 68.1 Å². The van der Waals surface area contributed by atoms with E-state index in [1.165, 1.54) is 32.9 Å². The van der Waals surface area contributed by atoms with Crippen LogP contribution in [0.25, 0.3) is 0 Å². The summed E-state index contributed by atoms with van der Waals surface area (Å²) in [5.41, 5.74) is 4.41. The zero-order chi connectivity index (χ0) is 38.7. The van der Waals surface area contributed by atoms with Crippen LogP contribution in [0.4, 0.5) is 0 Å². The van der Waals surface area contributed by atoms with E-state index in [0.717, 1.165) is 16.7 Å². The van der Waals surface area contributed by atoms with Gasteiger partial charge in [-0.2, -0.15) is 5.26 Å². The van der Waals surface area contributed by atoms with Crippen LogP contribution in [0, 0.1) is 25.2 Å². The Morgan fingerprint density at radius 3 is 2.56 bits per heavy atom. The van der Waals surface area contributed by atoms with Gasteiger partial charge in [0, 0.05) is 53.6 Å². The second kappa shape index (κ2) is 12.8. The molecule has 2 saturated heterocycles. The Balaban J connectivity index is 1.33. The lowest BCUT2D eigenvalue weighted by atomic mass is 9.71. The lowest BCUT2D eigenvalue weighted by molar-refractivity contribution is -0.157. The van der Waals surface area contributed by atoms with E-state index in [-0.39, 0.29) is 42.4 Å². The van der Waals surface area contributed by atoms with Crippen LogP contribution in [-0.2, 0) is 32.7 Å². The number of esters is 2. The number of nitriles is 1. The van der Waals surface area contributed by atoms with E-state index >= 15 is 0 Å². The fourth-order valence-electron chi connectivity index (χ4n) is 10.2. The normalized spacial score (nSPS) is 28.9. The number of ether oxygens (including phenoxy) is 6. The molecule has 10 rings (SSSR count). The van der Waals surface area contributed by atoms with E-state index in [9.17, 15) is 25.1 Å². The van der Waals surface area contributed by atoms with Gasteiger partial charge in [-0.1, -0.05) is 6.07 Å². The summed E-state index contributed by atoms with van der Waals surface area (Å²) < 4.78 is 36.1. The molecule has 7 atom stereocenters. The number of carbonyl (C=O) groups is 2. The van der Waals surface area contributed by atoms with Crippen molar-refractivity contribution in [3.05, 3.63) is 62.7 Å². The zero-order valence-corrected chi connectivity index (χ0v) is 32.2. The van der Waals surface area contributed by atoms with E-state index in [0.29, 0.717) is 70.2 Å². The van der Waals surface area contributed by atoms with Gasteiger partial charge in [-0.25, -0.2) is 4.79 Å². The van der Waals surface area contributed by atoms with Crippen LogP contribution in [0.2, 0.25) is 0 Å². The third kappa shape index (κ3) is 4.90. The number of nitrogens with one attached hydrogen (secondary N) is 1. The highest BCUT2D eigenvalue weighted by Crippen LogP contribution is 2.64. The van der Waals surface area contributed by atoms with Crippen LogP contribution < -0.4 is 29.0 Å². The molecule has 0 saturated carbocycles. The molecule has 3 aromatic rings. The first-order chi connectivity index (χ1) is 26.4. The molecule has 55 heavy (non-hydrogen) atoms. The van der Waals surface area contributed by atoms with Crippen molar-refractivity contribution in [2.45, 2.75) is 74.6 Å². The number of hydrogen-bond acceptors (Lipinski definition) is 15. The summed E-state index contributed by atoms with van der Waals surface area (Å²) in [6.45, 7) is 5.28. The van der Waals surface area contributed by atoms with Crippen molar-refractivity contribution in [2.75, 3.05) is 47.0 Å². The number of fused-ring (bicyclic) bond motifs is 9. The van der Waals surface area contributed by atoms with Gasteiger partial charge in [-0.3, -0.25) is 19.9 Å². The van der Waals surface area contributed by atoms with E-state index in [4.69, 9.17) is 28.4 Å². The number of carbonyl (C=O) groups excluding carboxylic acids is 2. The summed E-state index contributed by atoms with van der Waals surface area (Å²) in [6, 6.07) is 5.28. The molecule has 2 fully saturated rings. The van der Waals surface area contributed by atoms with Crippen molar-refractivity contribution in [3.8, 4) is 46.3 Å². The number of hydrogen-bond donors (Lipinski definition) is 3. The van der Waals surface area contributed by atoms with Gasteiger partial charge >= 0.3 is 11.9 Å². The number of nitrogens with zero attached hydrogens (tertiary/aromatic N) is 3. The Hall–Kier alpha value is -4.88. The van der Waals surface area contributed by atoms with Crippen molar-refractivity contribution in [1.82, 2.24) is 15.1 Å². The van der Waals surface area contributed by atoms with Gasteiger partial charge < -0.3 is 38.6 Å². The van der Waals surface area contributed by atoms with E-state index < -0.39 is 46.9 Å². The first-order valence-electron chi connectivity index (χ1n) is 18.3. The molecule has 0 radical (unpaired) electrons. The zero-order valence-electron chi connectivity index (χ0n) is 31.3. The van der Waals surface area contributed by atoms with Crippen molar-refractivity contribution < 1.29 is 48.2 Å². The molecule has 3 N–H and O–H groups in total. The molecule has 4 bridgehead atoms. The van der Waals surface area contributed by atoms with E-state index in [2.05, 4.69) is 21.2 Å². The van der Waals surface area contributed by atoms with Crippen LogP contribution >= 0.6 is 11.8 Å². The number of rotatable bonds is 3. The second-order valence-electron chi connectivity index (χ2n) is 15.1. The molecule has 7 aliphatic rings. The van der Waals surface area contributed by atoms with Gasteiger partial charge in [0.25, 0.3) is 0 Å². The average molecular weight is 771 g/mol. The maximum atomic E-state index is 14.7. The molecule has 0 aromatic heterocycles. The first kappa shape index (κ1) is 35.8. The molecule has 288 valence electrons. The second-order valence-corrected chi connectivity index (χ2v) is 16.2. The van der Waals surface area contributed by atoms with Crippen LogP contribution in [0.15, 0.2) is 18.2 Å². The molecular weight excluding hydrogens is 729 g/mol. The molecule has 7 heterocycles. The van der Waals surface area contributed by atoms with E-state index in [1.807, 2.05) is 27.0 Å². The fourth-order valence-corrected chi connectivity index (χ4v) is 11.9. The summed E-state index contributed by atoms with van der Waals surface area (Å²) in [4.78, 5) is 32.0. The van der Waals surface area contributed by atoms with Crippen LogP contribution in [0.3, 0.4) is 0 Å². The summed E-state index contributed by atoms with van der Waals surface area (Å²) in [5.74, 6) is 0.973. The third-order valence-electron chi connectivity index (χ3n) is 12.4. The maximum Gasteiger partial charge on any atom is 0.331 e. The van der Waals surface area contributed by atoms with Gasteiger partial charge in [0.05, 0.1) is 37.6 Å². The minimum atomic E-state index is -1.36. The summed E-state index contributed by atoms with van der Waals surface area (Å²) >= 11 is 1.48. The number of aromatic hydroxyl groups is 2. The number of benzene rings is 3. The predicted molar refractivity (Wildman–Crippen MR) is 198 cm³/mol. The highest BCUT2D eigenvalue weighted by atomic mass is 32.2. The number of methoxy groups -OCH3 is 2. The van der Waals surface area contributed by atoms with Crippen molar-refractivity contribution in [1.29, 1.82) is 5.26 Å².